The second-order valence-electron chi connectivity index (χ2n) is 4.35. The summed E-state index contributed by atoms with van der Waals surface area (Å²) >= 11 is 0. The zero-order valence-electron chi connectivity index (χ0n) is 10.5. The van der Waals surface area contributed by atoms with Gasteiger partial charge in [-0.3, -0.25) is 0 Å². The van der Waals surface area contributed by atoms with E-state index in [2.05, 4.69) is 5.32 Å². The number of halogens is 1. The van der Waals surface area contributed by atoms with Crippen LogP contribution in [0.3, 0.4) is 0 Å². The maximum absolute atomic E-state index is 13.7. The Bertz CT molecular complexity index is 673. The molecule has 3 nitrogen and oxygen atoms in total. The second-order valence-corrected chi connectivity index (χ2v) is 4.35. The van der Waals surface area contributed by atoms with Gasteiger partial charge in [0.25, 0.3) is 0 Å². The molecule has 0 fully saturated rings. The average Bonchev–Trinajstić information content (AvgIpc) is 3.05. The summed E-state index contributed by atoms with van der Waals surface area (Å²) in [7, 11) is 0. The molecule has 2 aromatic heterocycles. The molecule has 0 radical (unpaired) electrons. The molecule has 0 amide bonds. The van der Waals surface area contributed by atoms with Crippen LogP contribution in [-0.2, 0) is 0 Å². The highest BCUT2D eigenvalue weighted by atomic mass is 19.1. The SMILES string of the molecule is CCNC(c1ccoc1)c1cc2cccc(F)c2o1. The fourth-order valence-electron chi connectivity index (χ4n) is 2.22. The van der Waals surface area contributed by atoms with Crippen molar-refractivity contribution in [2.75, 3.05) is 6.54 Å². The van der Waals surface area contributed by atoms with Crippen LogP contribution in [-0.4, -0.2) is 6.54 Å². The summed E-state index contributed by atoms with van der Waals surface area (Å²) in [5.74, 6) is 0.342. The Labute approximate surface area is 110 Å². The molecule has 3 rings (SSSR count). The molecule has 0 aliphatic carbocycles. The number of hydrogen-bond donors (Lipinski definition) is 1. The van der Waals surface area contributed by atoms with E-state index in [-0.39, 0.29) is 11.9 Å². The first-order valence-corrected chi connectivity index (χ1v) is 6.23. The third kappa shape index (κ3) is 2.15. The van der Waals surface area contributed by atoms with Crippen molar-refractivity contribution in [2.45, 2.75) is 13.0 Å². The largest absolute Gasteiger partial charge is 0.472 e. The molecule has 0 spiro atoms. The second kappa shape index (κ2) is 4.90. The Morgan fingerprint density at radius 1 is 1.32 bits per heavy atom. The van der Waals surface area contributed by atoms with E-state index in [4.69, 9.17) is 8.83 Å². The maximum Gasteiger partial charge on any atom is 0.169 e. The van der Waals surface area contributed by atoms with Crippen LogP contribution in [0.25, 0.3) is 11.0 Å². The molecule has 0 aliphatic rings. The molecular formula is C15H14FNO2. The van der Waals surface area contributed by atoms with Crippen molar-refractivity contribution < 1.29 is 13.2 Å². The van der Waals surface area contributed by atoms with Crippen molar-refractivity contribution in [2.24, 2.45) is 0 Å². The van der Waals surface area contributed by atoms with E-state index in [1.54, 1.807) is 18.6 Å². The highest BCUT2D eigenvalue weighted by molar-refractivity contribution is 5.78. The summed E-state index contributed by atoms with van der Waals surface area (Å²) in [4.78, 5) is 0. The van der Waals surface area contributed by atoms with Crippen LogP contribution in [0.4, 0.5) is 4.39 Å². The van der Waals surface area contributed by atoms with Crippen LogP contribution in [0.1, 0.15) is 24.3 Å². The van der Waals surface area contributed by atoms with E-state index < -0.39 is 0 Å². The standard InChI is InChI=1S/C15H14FNO2/c1-2-17-14(11-6-7-18-9-11)13-8-10-4-3-5-12(16)15(10)19-13/h3-9,14,17H,2H2,1H3. The lowest BCUT2D eigenvalue weighted by molar-refractivity contribution is 0.461. The lowest BCUT2D eigenvalue weighted by atomic mass is 10.1. The molecule has 0 saturated carbocycles. The monoisotopic (exact) mass is 259 g/mol. The minimum absolute atomic E-state index is 0.129. The molecule has 2 heterocycles. The van der Waals surface area contributed by atoms with Crippen LogP contribution >= 0.6 is 0 Å². The van der Waals surface area contributed by atoms with Gasteiger partial charge < -0.3 is 14.2 Å². The van der Waals surface area contributed by atoms with Gasteiger partial charge in [0.2, 0.25) is 0 Å². The Balaban J connectivity index is 2.08. The molecule has 0 saturated heterocycles. The Hall–Kier alpha value is -2.07. The molecule has 0 bridgehead atoms. The third-order valence-corrected chi connectivity index (χ3v) is 3.08. The number of hydrogen-bond acceptors (Lipinski definition) is 3. The third-order valence-electron chi connectivity index (χ3n) is 3.08. The molecule has 1 aromatic carbocycles. The zero-order chi connectivity index (χ0) is 13.2. The van der Waals surface area contributed by atoms with Gasteiger partial charge in [-0.25, -0.2) is 4.39 Å². The first-order chi connectivity index (χ1) is 9.29. The van der Waals surface area contributed by atoms with Gasteiger partial charge in [0.1, 0.15) is 5.76 Å². The number of furan rings is 2. The summed E-state index contributed by atoms with van der Waals surface area (Å²) in [6, 6.07) is 8.52. The van der Waals surface area contributed by atoms with E-state index in [0.29, 0.717) is 11.3 Å². The number of fused-ring (bicyclic) bond motifs is 1. The van der Waals surface area contributed by atoms with Gasteiger partial charge in [-0.1, -0.05) is 19.1 Å². The minimum atomic E-state index is -0.341. The van der Waals surface area contributed by atoms with Crippen molar-refractivity contribution in [3.63, 3.8) is 0 Å². The predicted octanol–water partition coefficient (Wildman–Crippen LogP) is 3.86. The number of para-hydroxylation sites is 1. The van der Waals surface area contributed by atoms with Gasteiger partial charge in [-0.15, -0.1) is 0 Å². The number of benzene rings is 1. The van der Waals surface area contributed by atoms with E-state index >= 15 is 0 Å². The molecule has 1 atom stereocenters. The smallest absolute Gasteiger partial charge is 0.169 e. The predicted molar refractivity (Wildman–Crippen MR) is 70.4 cm³/mol. The van der Waals surface area contributed by atoms with E-state index in [1.165, 1.54) is 6.07 Å². The van der Waals surface area contributed by atoms with Crippen molar-refractivity contribution in [1.82, 2.24) is 5.32 Å². The Morgan fingerprint density at radius 2 is 2.21 bits per heavy atom. The zero-order valence-corrected chi connectivity index (χ0v) is 10.5. The molecule has 19 heavy (non-hydrogen) atoms. The molecule has 1 unspecified atom stereocenters. The topological polar surface area (TPSA) is 38.3 Å². The molecule has 3 aromatic rings. The first kappa shape index (κ1) is 12.0. The summed E-state index contributed by atoms with van der Waals surface area (Å²) in [6.45, 7) is 2.78. The normalized spacial score (nSPS) is 12.9. The molecule has 0 aliphatic heterocycles. The molecule has 1 N–H and O–H groups in total. The molecular weight excluding hydrogens is 245 g/mol. The van der Waals surface area contributed by atoms with Crippen molar-refractivity contribution in [1.29, 1.82) is 0 Å². The van der Waals surface area contributed by atoms with E-state index in [9.17, 15) is 4.39 Å². The fraction of sp³-hybridized carbons (Fsp3) is 0.200. The van der Waals surface area contributed by atoms with Crippen molar-refractivity contribution >= 4 is 11.0 Å². The van der Waals surface area contributed by atoms with Crippen LogP contribution in [0, 0.1) is 5.82 Å². The van der Waals surface area contributed by atoms with E-state index in [0.717, 1.165) is 17.5 Å². The minimum Gasteiger partial charge on any atom is -0.472 e. The quantitative estimate of drug-likeness (QED) is 0.773. The maximum atomic E-state index is 13.7. The van der Waals surface area contributed by atoms with Gasteiger partial charge in [-0.05, 0) is 24.7 Å². The highest BCUT2D eigenvalue weighted by Crippen LogP contribution is 2.29. The van der Waals surface area contributed by atoms with Crippen LogP contribution < -0.4 is 5.32 Å². The van der Waals surface area contributed by atoms with Crippen LogP contribution in [0.5, 0.6) is 0 Å². The molecule has 98 valence electrons. The summed E-state index contributed by atoms with van der Waals surface area (Å²) in [5, 5.41) is 4.07. The number of rotatable bonds is 4. The lowest BCUT2D eigenvalue weighted by Gasteiger charge is -2.13. The molecule has 4 heteroatoms. The number of nitrogens with one attached hydrogen (secondary N) is 1. The first-order valence-electron chi connectivity index (χ1n) is 6.23. The summed E-state index contributed by atoms with van der Waals surface area (Å²) in [5.41, 5.74) is 1.25. The van der Waals surface area contributed by atoms with Crippen molar-refractivity contribution in [3.05, 3.63) is 60.0 Å². The van der Waals surface area contributed by atoms with Gasteiger partial charge in [-0.2, -0.15) is 0 Å². The Kier molecular flexibility index (Phi) is 3.09. The summed E-state index contributed by atoms with van der Waals surface area (Å²) in [6.07, 6.45) is 3.28. The van der Waals surface area contributed by atoms with Gasteiger partial charge in [0.05, 0.1) is 18.6 Å². The van der Waals surface area contributed by atoms with Crippen LogP contribution in [0.15, 0.2) is 51.7 Å². The van der Waals surface area contributed by atoms with Crippen LogP contribution in [0.2, 0.25) is 0 Å². The van der Waals surface area contributed by atoms with E-state index in [1.807, 2.05) is 25.1 Å². The Morgan fingerprint density at radius 3 is 2.89 bits per heavy atom. The summed E-state index contributed by atoms with van der Waals surface area (Å²) < 4.78 is 24.4. The van der Waals surface area contributed by atoms with Gasteiger partial charge in [0, 0.05) is 10.9 Å². The fourth-order valence-corrected chi connectivity index (χ4v) is 2.22. The van der Waals surface area contributed by atoms with Crippen molar-refractivity contribution in [3.8, 4) is 0 Å². The van der Waals surface area contributed by atoms with Gasteiger partial charge >= 0.3 is 0 Å². The average molecular weight is 259 g/mol. The van der Waals surface area contributed by atoms with Gasteiger partial charge in [0.15, 0.2) is 11.4 Å². The lowest BCUT2D eigenvalue weighted by Crippen LogP contribution is -2.20. The highest BCUT2D eigenvalue weighted by Gasteiger charge is 2.19.